The lowest BCUT2D eigenvalue weighted by atomic mass is 9.69. The largest absolute Gasteiger partial charge is 0.361 e. The van der Waals surface area contributed by atoms with Crippen LogP contribution >= 0.6 is 0 Å². The minimum Gasteiger partial charge on any atom is -0.361 e. The first kappa shape index (κ1) is 34.6. The maximum absolute atomic E-state index is 4.28. The summed E-state index contributed by atoms with van der Waals surface area (Å²) in [5.41, 5.74) is 14.5. The van der Waals surface area contributed by atoms with Gasteiger partial charge in [0.25, 0.3) is 0 Å². The van der Waals surface area contributed by atoms with Crippen LogP contribution in [0.25, 0.3) is 0 Å². The summed E-state index contributed by atoms with van der Waals surface area (Å²) in [4.78, 5) is 21.4. The quantitative estimate of drug-likeness (QED) is 0.105. The number of H-pyrrole nitrogens is 5. The first-order valence-electron chi connectivity index (χ1n) is 23.1. The summed E-state index contributed by atoms with van der Waals surface area (Å²) in [6.07, 6.45) is 31.8. The molecule has 11 rings (SSSR count). The molecule has 5 spiro atoms. The van der Waals surface area contributed by atoms with Crippen molar-refractivity contribution in [2.75, 3.05) is 0 Å². The van der Waals surface area contributed by atoms with E-state index in [1.165, 1.54) is 217 Å². The van der Waals surface area contributed by atoms with Crippen LogP contribution in [-0.2, 0) is 27.1 Å². The topological polar surface area (TPSA) is 78.9 Å². The summed E-state index contributed by atoms with van der Waals surface area (Å²) in [7, 11) is 0. The predicted molar refractivity (Wildman–Crippen MR) is 223 cm³/mol. The zero-order valence-corrected chi connectivity index (χ0v) is 33.5. The van der Waals surface area contributed by atoms with Crippen LogP contribution in [0.5, 0.6) is 0 Å². The highest BCUT2D eigenvalue weighted by Gasteiger charge is 2.47. The molecule has 5 nitrogen and oxygen atoms in total. The molecule has 6 heterocycles. The second-order valence-corrected chi connectivity index (χ2v) is 19.6. The molecule has 0 unspecified atom stereocenters. The molecule has 0 aromatic carbocycles. The molecular weight excluding hydrogens is 671 g/mol. The molecule has 0 saturated heterocycles. The standard InChI is InChI=1S/C50H65N5/c1-6-26-46(27-7-1)36-16-18-38(51-36)47(28-8-2-9-29-47)40-20-22-42(53-40)49(32-12-4-13-33-49)44-24-25-45(55-44)50(34-14-5-15-35-50)43-23-21-41(54-43)48(30-10-3-11-31-48)39-19-17-37(46)52-39/h16-25,51-55H,1-15,26-35H2. The van der Waals surface area contributed by atoms with Crippen molar-refractivity contribution in [2.45, 2.75) is 188 Å². The van der Waals surface area contributed by atoms with Gasteiger partial charge in [-0.2, -0.15) is 0 Å². The van der Waals surface area contributed by atoms with Crippen LogP contribution < -0.4 is 0 Å². The van der Waals surface area contributed by atoms with Gasteiger partial charge in [0.05, 0.1) is 27.1 Å². The molecule has 290 valence electrons. The fraction of sp³-hybridized carbons (Fsp3) is 0.600. The predicted octanol–water partition coefficient (Wildman–Crippen LogP) is 12.9. The third-order valence-electron chi connectivity index (χ3n) is 17.1. The van der Waals surface area contributed by atoms with Crippen molar-refractivity contribution < 1.29 is 0 Å². The second-order valence-electron chi connectivity index (χ2n) is 19.6. The summed E-state index contributed by atoms with van der Waals surface area (Å²) in [6.45, 7) is 0. The Morgan fingerprint density at radius 3 is 0.455 bits per heavy atom. The monoisotopic (exact) mass is 736 g/mol. The summed E-state index contributed by atoms with van der Waals surface area (Å²) >= 11 is 0. The smallest absolute Gasteiger partial charge is 0.0503 e. The van der Waals surface area contributed by atoms with Gasteiger partial charge in [-0.25, -0.2) is 0 Å². The lowest BCUT2D eigenvalue weighted by molar-refractivity contribution is 0.308. The third-order valence-corrected chi connectivity index (χ3v) is 17.1. The van der Waals surface area contributed by atoms with E-state index in [0.717, 1.165) is 0 Å². The lowest BCUT2D eigenvalue weighted by Crippen LogP contribution is -2.36. The summed E-state index contributed by atoms with van der Waals surface area (Å²) in [5, 5.41) is 0. The van der Waals surface area contributed by atoms with E-state index >= 15 is 0 Å². The molecule has 5 saturated carbocycles. The van der Waals surface area contributed by atoms with E-state index < -0.39 is 0 Å². The van der Waals surface area contributed by atoms with Gasteiger partial charge in [-0.15, -0.1) is 0 Å². The minimum atomic E-state index is 0.00517. The highest BCUT2D eigenvalue weighted by atomic mass is 14.9. The average Bonchev–Trinajstić information content (AvgIpc) is 4.11. The first-order chi connectivity index (χ1) is 27.1. The van der Waals surface area contributed by atoms with Crippen molar-refractivity contribution >= 4 is 0 Å². The Kier molecular flexibility index (Phi) is 8.33. The Balaban J connectivity index is 1.14. The van der Waals surface area contributed by atoms with Gasteiger partial charge in [0.15, 0.2) is 0 Å². The van der Waals surface area contributed by atoms with E-state index in [2.05, 4.69) is 85.6 Å². The molecule has 0 atom stereocenters. The van der Waals surface area contributed by atoms with Gasteiger partial charge >= 0.3 is 0 Å². The third kappa shape index (κ3) is 5.15. The fourth-order valence-electron chi connectivity index (χ4n) is 14.0. The van der Waals surface area contributed by atoms with Gasteiger partial charge in [-0.1, -0.05) is 96.3 Å². The Labute approximate surface area is 329 Å². The van der Waals surface area contributed by atoms with Crippen LogP contribution in [0.1, 0.15) is 217 Å². The van der Waals surface area contributed by atoms with Crippen LogP contribution in [0.15, 0.2) is 60.7 Å². The van der Waals surface area contributed by atoms with E-state index in [1.807, 2.05) is 0 Å². The zero-order valence-electron chi connectivity index (χ0n) is 33.5. The molecule has 5 aliphatic carbocycles. The molecular formula is C50H65N5. The summed E-state index contributed by atoms with van der Waals surface area (Å²) in [5.74, 6) is 0. The highest BCUT2D eigenvalue weighted by molar-refractivity contribution is 5.47. The van der Waals surface area contributed by atoms with E-state index in [0.29, 0.717) is 0 Å². The molecule has 5 fully saturated rings. The average molecular weight is 736 g/mol. The van der Waals surface area contributed by atoms with Crippen LogP contribution in [0, 0.1) is 0 Å². The second kappa shape index (κ2) is 13.2. The SMILES string of the molecule is c1cc2[nH]c1C1(CCCCC1)c1ccc([nH]1)C1(CCCCC1)c1ccc([nH]1)C1(CCCCC1)c1ccc([nH]1)C1(CCCCC1)c1ccc([nH]1)C21CCCCC1. The van der Waals surface area contributed by atoms with Gasteiger partial charge < -0.3 is 24.9 Å². The molecule has 5 aromatic heterocycles. The number of hydrogen-bond donors (Lipinski definition) is 5. The first-order valence-corrected chi connectivity index (χ1v) is 23.1. The Bertz CT molecular complexity index is 1640. The van der Waals surface area contributed by atoms with Crippen LogP contribution in [0.4, 0.5) is 0 Å². The Hall–Kier alpha value is -3.60. The van der Waals surface area contributed by atoms with Gasteiger partial charge in [0.1, 0.15) is 0 Å². The van der Waals surface area contributed by atoms with E-state index in [1.54, 1.807) is 0 Å². The van der Waals surface area contributed by atoms with Crippen molar-refractivity contribution in [1.29, 1.82) is 0 Å². The molecule has 5 aromatic rings. The van der Waals surface area contributed by atoms with Gasteiger partial charge in [-0.3, -0.25) is 0 Å². The molecule has 5 heteroatoms. The number of hydrogen-bond acceptors (Lipinski definition) is 0. The van der Waals surface area contributed by atoms with Crippen LogP contribution in [0.2, 0.25) is 0 Å². The number of aromatic amines is 5. The summed E-state index contributed by atoms with van der Waals surface area (Å²) in [6, 6.07) is 25.2. The minimum absolute atomic E-state index is 0.00517. The van der Waals surface area contributed by atoms with Crippen molar-refractivity contribution in [1.82, 2.24) is 24.9 Å². The summed E-state index contributed by atoms with van der Waals surface area (Å²) < 4.78 is 0. The maximum atomic E-state index is 4.28. The van der Waals surface area contributed by atoms with Crippen LogP contribution in [0.3, 0.4) is 0 Å². The normalized spacial score (nSPS) is 25.1. The van der Waals surface area contributed by atoms with Gasteiger partial charge in [0.2, 0.25) is 0 Å². The Morgan fingerprint density at radius 1 is 0.200 bits per heavy atom. The van der Waals surface area contributed by atoms with Crippen molar-refractivity contribution in [3.63, 3.8) is 0 Å². The number of nitrogens with one attached hydrogen (secondary N) is 5. The molecule has 6 aliphatic rings. The number of rotatable bonds is 0. The van der Waals surface area contributed by atoms with Crippen molar-refractivity contribution in [3.05, 3.63) is 118 Å². The molecule has 0 amide bonds. The fourth-order valence-corrected chi connectivity index (χ4v) is 14.0. The Morgan fingerprint density at radius 2 is 0.327 bits per heavy atom. The lowest BCUT2D eigenvalue weighted by Gasteiger charge is -2.40. The zero-order chi connectivity index (χ0) is 36.6. The highest BCUT2D eigenvalue weighted by Crippen LogP contribution is 2.53. The number of aromatic nitrogens is 5. The van der Waals surface area contributed by atoms with Crippen molar-refractivity contribution in [2.24, 2.45) is 0 Å². The van der Waals surface area contributed by atoms with Crippen LogP contribution in [-0.4, -0.2) is 24.9 Å². The van der Waals surface area contributed by atoms with Gasteiger partial charge in [-0.05, 0) is 125 Å². The molecule has 10 bridgehead atoms. The van der Waals surface area contributed by atoms with E-state index in [-0.39, 0.29) is 27.1 Å². The molecule has 0 radical (unpaired) electrons. The maximum Gasteiger partial charge on any atom is 0.0503 e. The molecule has 1 aliphatic heterocycles. The molecule has 55 heavy (non-hydrogen) atoms. The molecule has 5 N–H and O–H groups in total. The van der Waals surface area contributed by atoms with Gasteiger partial charge in [0, 0.05) is 56.9 Å². The van der Waals surface area contributed by atoms with E-state index in [4.69, 9.17) is 0 Å². The number of fused-ring (bicyclic) bond motifs is 20. The van der Waals surface area contributed by atoms with E-state index in [9.17, 15) is 0 Å². The van der Waals surface area contributed by atoms with Crippen molar-refractivity contribution in [3.8, 4) is 0 Å².